The van der Waals surface area contributed by atoms with E-state index in [1.54, 1.807) is 18.2 Å². The van der Waals surface area contributed by atoms with E-state index in [1.807, 2.05) is 26.0 Å². The topological polar surface area (TPSA) is 80.8 Å². The largest absolute Gasteiger partial charge is 0.454 e. The molecule has 4 atom stereocenters. The molecule has 2 amide bonds. The van der Waals surface area contributed by atoms with E-state index < -0.39 is 5.97 Å². The molecule has 6 nitrogen and oxygen atoms in total. The van der Waals surface area contributed by atoms with Crippen molar-refractivity contribution in [3.05, 3.63) is 64.7 Å². The molecule has 2 aromatic rings. The van der Waals surface area contributed by atoms with Gasteiger partial charge >= 0.3 is 5.97 Å². The zero-order valence-electron chi connectivity index (χ0n) is 18.2. The van der Waals surface area contributed by atoms with Crippen LogP contribution in [0.4, 0.5) is 5.69 Å². The Morgan fingerprint density at radius 3 is 2.09 bits per heavy atom. The number of nitrogens with zero attached hydrogens (tertiary/aromatic N) is 1. The summed E-state index contributed by atoms with van der Waals surface area (Å²) in [4.78, 5) is 52.2. The van der Waals surface area contributed by atoms with E-state index in [9.17, 15) is 19.2 Å². The number of rotatable bonds is 5. The first-order valence-electron chi connectivity index (χ1n) is 10.7. The number of halogens is 2. The third kappa shape index (κ3) is 4.68. The van der Waals surface area contributed by atoms with Crippen molar-refractivity contribution in [1.29, 1.82) is 0 Å². The van der Waals surface area contributed by atoms with Crippen LogP contribution >= 0.6 is 31.9 Å². The van der Waals surface area contributed by atoms with E-state index in [-0.39, 0.29) is 51.3 Å². The minimum atomic E-state index is -0.641. The third-order valence-electron chi connectivity index (χ3n) is 6.30. The molecule has 1 saturated heterocycles. The number of aryl methyl sites for hydroxylation is 2. The maximum atomic E-state index is 12.9. The monoisotopic (exact) mass is 575 g/mol. The van der Waals surface area contributed by atoms with Gasteiger partial charge < -0.3 is 4.74 Å². The number of imide groups is 1. The van der Waals surface area contributed by atoms with Gasteiger partial charge in [0.25, 0.3) is 0 Å². The van der Waals surface area contributed by atoms with E-state index in [0.29, 0.717) is 24.1 Å². The Morgan fingerprint density at radius 2 is 1.52 bits per heavy atom. The number of esters is 1. The number of hydrogen-bond acceptors (Lipinski definition) is 5. The fourth-order valence-electron chi connectivity index (χ4n) is 4.42. The van der Waals surface area contributed by atoms with Crippen LogP contribution in [0.15, 0.2) is 42.5 Å². The molecule has 0 bridgehead atoms. The van der Waals surface area contributed by atoms with E-state index in [2.05, 4.69) is 31.9 Å². The average molecular weight is 577 g/mol. The number of ether oxygens (including phenoxy) is 1. The molecule has 0 N–H and O–H groups in total. The van der Waals surface area contributed by atoms with Crippen molar-refractivity contribution in [3.63, 3.8) is 0 Å². The molecule has 1 saturated carbocycles. The molecule has 0 radical (unpaired) electrons. The Kier molecular flexibility index (Phi) is 6.86. The molecular formula is C25H23Br2NO5. The number of fused-ring (bicyclic) bond motifs is 1. The highest BCUT2D eigenvalue weighted by molar-refractivity contribution is 9.12. The van der Waals surface area contributed by atoms with Crippen LogP contribution in [0.2, 0.25) is 0 Å². The van der Waals surface area contributed by atoms with E-state index in [1.165, 1.54) is 17.0 Å². The average Bonchev–Trinajstić information content (AvgIpc) is 3.03. The first kappa shape index (κ1) is 23.8. The van der Waals surface area contributed by atoms with Crippen LogP contribution in [0.3, 0.4) is 0 Å². The molecule has 0 unspecified atom stereocenters. The molecule has 172 valence electrons. The standard InChI is InChI=1S/C25H23Br2NO5/c1-13-3-4-14(2)17(9-13)22(29)12-33-25(32)15-5-7-16(8-6-15)28-23(30)18-10-20(26)21(27)11-19(18)24(28)31/h3-9,18-21H,10-12H2,1-2H3/t18-,19+,20-,21-/m0/s1. The Labute approximate surface area is 208 Å². The summed E-state index contributed by atoms with van der Waals surface area (Å²) in [6.45, 7) is 3.37. The predicted molar refractivity (Wildman–Crippen MR) is 131 cm³/mol. The maximum Gasteiger partial charge on any atom is 0.338 e. The van der Waals surface area contributed by atoms with Gasteiger partial charge in [0.15, 0.2) is 6.61 Å². The first-order chi connectivity index (χ1) is 15.7. The van der Waals surface area contributed by atoms with E-state index in [4.69, 9.17) is 4.74 Å². The Morgan fingerprint density at radius 1 is 0.939 bits per heavy atom. The zero-order valence-corrected chi connectivity index (χ0v) is 21.4. The Hall–Kier alpha value is -2.32. The second kappa shape index (κ2) is 9.50. The number of Topliss-reactive ketones (excluding diaryl/α,β-unsaturated/α-hetero) is 1. The highest BCUT2D eigenvalue weighted by atomic mass is 79.9. The summed E-state index contributed by atoms with van der Waals surface area (Å²) in [6, 6.07) is 11.7. The summed E-state index contributed by atoms with van der Waals surface area (Å²) >= 11 is 7.16. The normalized spacial score (nSPS) is 24.5. The lowest BCUT2D eigenvalue weighted by Crippen LogP contribution is -2.34. The molecule has 1 aliphatic carbocycles. The molecule has 1 heterocycles. The zero-order chi connectivity index (χ0) is 23.9. The fourth-order valence-corrected chi connectivity index (χ4v) is 5.66. The molecule has 2 fully saturated rings. The van der Waals surface area contributed by atoms with Crippen LogP contribution < -0.4 is 4.90 Å². The maximum absolute atomic E-state index is 12.9. The van der Waals surface area contributed by atoms with Crippen LogP contribution in [0, 0.1) is 25.7 Å². The van der Waals surface area contributed by atoms with E-state index in [0.717, 1.165) is 11.1 Å². The summed E-state index contributed by atoms with van der Waals surface area (Å²) in [6.07, 6.45) is 1.20. The van der Waals surface area contributed by atoms with Gasteiger partial charge in [0.2, 0.25) is 17.6 Å². The van der Waals surface area contributed by atoms with Crippen molar-refractivity contribution in [3.8, 4) is 0 Å². The molecular weight excluding hydrogens is 554 g/mol. The molecule has 1 aliphatic heterocycles. The smallest absolute Gasteiger partial charge is 0.338 e. The number of carbonyl (C=O) groups excluding carboxylic acids is 4. The van der Waals surface area contributed by atoms with Crippen molar-refractivity contribution in [2.75, 3.05) is 11.5 Å². The summed E-state index contributed by atoms with van der Waals surface area (Å²) < 4.78 is 5.20. The second-order valence-electron chi connectivity index (χ2n) is 8.59. The van der Waals surface area contributed by atoms with Crippen molar-refractivity contribution in [2.45, 2.75) is 36.3 Å². The second-order valence-corrected chi connectivity index (χ2v) is 10.9. The number of alkyl halides is 2. The van der Waals surface area contributed by atoms with Gasteiger partial charge in [-0.05, 0) is 62.6 Å². The lowest BCUT2D eigenvalue weighted by Gasteiger charge is -2.29. The number of ketones is 1. The van der Waals surface area contributed by atoms with Crippen LogP contribution in [0.25, 0.3) is 0 Å². The molecule has 0 aromatic heterocycles. The van der Waals surface area contributed by atoms with Gasteiger partial charge in [-0.15, -0.1) is 0 Å². The van der Waals surface area contributed by atoms with Crippen molar-refractivity contribution >= 4 is 61.1 Å². The lowest BCUT2D eigenvalue weighted by atomic mass is 9.81. The molecule has 2 aliphatic rings. The number of amides is 2. The Bertz CT molecular complexity index is 1100. The molecule has 0 spiro atoms. The first-order valence-corrected chi connectivity index (χ1v) is 12.5. The number of anilines is 1. The molecule has 2 aromatic carbocycles. The van der Waals surface area contributed by atoms with Gasteiger partial charge in [-0.3, -0.25) is 19.3 Å². The van der Waals surface area contributed by atoms with Crippen LogP contribution in [0.1, 0.15) is 44.7 Å². The fraction of sp³-hybridized carbons (Fsp3) is 0.360. The summed E-state index contributed by atoms with van der Waals surface area (Å²) in [5.74, 6) is -2.00. The SMILES string of the molecule is Cc1ccc(C)c(C(=O)COC(=O)c2ccc(N3C(=O)[C@H]4C[C@H](Br)[C@@H](Br)C[C@H]4C3=O)cc2)c1. The van der Waals surface area contributed by atoms with Crippen LogP contribution in [-0.2, 0) is 14.3 Å². The predicted octanol–water partition coefficient (Wildman–Crippen LogP) is 4.77. The molecule has 8 heteroatoms. The molecule has 33 heavy (non-hydrogen) atoms. The van der Waals surface area contributed by atoms with Gasteiger partial charge in [-0.2, -0.15) is 0 Å². The van der Waals surface area contributed by atoms with Gasteiger partial charge in [0, 0.05) is 15.2 Å². The van der Waals surface area contributed by atoms with Gasteiger partial charge in [-0.1, -0.05) is 49.6 Å². The number of benzene rings is 2. The summed E-state index contributed by atoms with van der Waals surface area (Å²) in [7, 11) is 0. The van der Waals surface area contributed by atoms with Crippen molar-refractivity contribution in [1.82, 2.24) is 0 Å². The van der Waals surface area contributed by atoms with Gasteiger partial charge in [0.05, 0.1) is 23.1 Å². The van der Waals surface area contributed by atoms with Crippen molar-refractivity contribution < 1.29 is 23.9 Å². The quantitative estimate of drug-likeness (QED) is 0.222. The third-order valence-corrected chi connectivity index (χ3v) is 9.03. The van der Waals surface area contributed by atoms with Gasteiger partial charge in [0.1, 0.15) is 0 Å². The highest BCUT2D eigenvalue weighted by Crippen LogP contribution is 2.44. The number of hydrogen-bond donors (Lipinski definition) is 0. The molecule has 4 rings (SSSR count). The summed E-state index contributed by atoms with van der Waals surface area (Å²) in [5.41, 5.74) is 2.98. The van der Waals surface area contributed by atoms with Crippen molar-refractivity contribution in [2.24, 2.45) is 11.8 Å². The van der Waals surface area contributed by atoms with E-state index >= 15 is 0 Å². The number of carbonyl (C=O) groups is 4. The van der Waals surface area contributed by atoms with Crippen LogP contribution in [-0.4, -0.2) is 39.8 Å². The Balaban J connectivity index is 1.42. The summed E-state index contributed by atoms with van der Waals surface area (Å²) in [5, 5.41) is 0. The minimum Gasteiger partial charge on any atom is -0.454 e. The van der Waals surface area contributed by atoms with Crippen LogP contribution in [0.5, 0.6) is 0 Å². The minimum absolute atomic E-state index is 0.138. The lowest BCUT2D eigenvalue weighted by molar-refractivity contribution is -0.122. The van der Waals surface area contributed by atoms with Gasteiger partial charge in [-0.25, -0.2) is 4.79 Å². The highest BCUT2D eigenvalue weighted by Gasteiger charge is 2.52.